The van der Waals surface area contributed by atoms with Gasteiger partial charge >= 0.3 is 0 Å². The minimum Gasteiger partial charge on any atom is -0.495 e. The van der Waals surface area contributed by atoms with E-state index in [9.17, 15) is 9.90 Å². The smallest absolute Gasteiger partial charge is 0.231 e. The average molecular weight is 546 g/mol. The van der Waals surface area contributed by atoms with Crippen molar-refractivity contribution in [3.63, 3.8) is 0 Å². The van der Waals surface area contributed by atoms with E-state index in [1.54, 1.807) is 13.3 Å². The Bertz CT molecular complexity index is 1290. The summed E-state index contributed by atoms with van der Waals surface area (Å²) < 4.78 is 7.34. The second-order valence-corrected chi connectivity index (χ2v) is 11.9. The number of hydrogen-bond acceptors (Lipinski definition) is 6. The van der Waals surface area contributed by atoms with Crippen LogP contribution in [0.25, 0.3) is 11.1 Å². The van der Waals surface area contributed by atoms with Gasteiger partial charge in [-0.3, -0.25) is 19.4 Å². The van der Waals surface area contributed by atoms with E-state index in [1.807, 2.05) is 40.9 Å². The maximum atomic E-state index is 14.0. The molecule has 214 valence electrons. The first-order chi connectivity index (χ1) is 19.3. The maximum Gasteiger partial charge on any atom is 0.231 e. The molecule has 3 heterocycles. The molecule has 0 radical (unpaired) electrons. The maximum absolute atomic E-state index is 14.0. The summed E-state index contributed by atoms with van der Waals surface area (Å²) in [6.07, 6.45) is 12.5. The lowest BCUT2D eigenvalue weighted by atomic mass is 9.79. The van der Waals surface area contributed by atoms with Crippen molar-refractivity contribution in [2.24, 2.45) is 11.8 Å². The molecule has 5 rings (SSSR count). The molecule has 2 aliphatic carbocycles. The Hall–Kier alpha value is -3.26. The summed E-state index contributed by atoms with van der Waals surface area (Å²) in [4.78, 5) is 25.4. The summed E-state index contributed by atoms with van der Waals surface area (Å²) in [6, 6.07) is 8.42. The molecule has 0 saturated heterocycles. The van der Waals surface area contributed by atoms with Crippen molar-refractivity contribution in [1.82, 2.24) is 19.7 Å². The highest BCUT2D eigenvalue weighted by atomic mass is 16.5. The number of amides is 1. The summed E-state index contributed by atoms with van der Waals surface area (Å²) in [5, 5.41) is 14.5. The number of ether oxygens (including phenoxy) is 1. The fourth-order valence-corrected chi connectivity index (χ4v) is 6.26. The van der Waals surface area contributed by atoms with E-state index in [1.165, 1.54) is 0 Å². The summed E-state index contributed by atoms with van der Waals surface area (Å²) >= 11 is 0. The normalized spacial score (nSPS) is 23.2. The van der Waals surface area contributed by atoms with Crippen molar-refractivity contribution in [1.29, 1.82) is 0 Å². The van der Waals surface area contributed by atoms with Crippen LogP contribution in [0.5, 0.6) is 5.75 Å². The van der Waals surface area contributed by atoms with E-state index in [0.29, 0.717) is 37.0 Å². The lowest BCUT2D eigenvalue weighted by molar-refractivity contribution is -0.124. The molecule has 40 heavy (non-hydrogen) atoms. The van der Waals surface area contributed by atoms with Crippen molar-refractivity contribution < 1.29 is 14.6 Å². The fourth-order valence-electron chi connectivity index (χ4n) is 6.26. The third-order valence-electron chi connectivity index (χ3n) is 8.78. The second-order valence-electron chi connectivity index (χ2n) is 11.9. The molecule has 3 aromatic rings. The monoisotopic (exact) mass is 545 g/mol. The van der Waals surface area contributed by atoms with Gasteiger partial charge in [-0.15, -0.1) is 0 Å². The van der Waals surface area contributed by atoms with Gasteiger partial charge in [0.25, 0.3) is 0 Å². The molecule has 0 atom stereocenters. The largest absolute Gasteiger partial charge is 0.495 e. The van der Waals surface area contributed by atoms with Crippen molar-refractivity contribution >= 4 is 11.7 Å². The number of aromatic nitrogens is 4. The van der Waals surface area contributed by atoms with Crippen LogP contribution in [0, 0.1) is 18.8 Å². The number of hydrogen-bond donors (Lipinski definition) is 1. The molecule has 1 N–H and O–H groups in total. The molecule has 0 aromatic carbocycles. The predicted octanol–water partition coefficient (Wildman–Crippen LogP) is 6.10. The SMILES string of the molecule is COc1ccc([C@H]2CC[C@H](CN(c3cc(-c4cnn(C(C)C)c4)ccn3)C(=O)[C@H]3CC[C@H](O)CC3)CC2)nc1C. The van der Waals surface area contributed by atoms with Gasteiger partial charge in [-0.05, 0) is 108 Å². The number of anilines is 1. The number of aliphatic hydroxyl groups is 1. The van der Waals surface area contributed by atoms with Gasteiger partial charge in [0.1, 0.15) is 11.6 Å². The molecule has 0 spiro atoms. The minimum atomic E-state index is -0.290. The first-order valence-electron chi connectivity index (χ1n) is 14.8. The number of nitrogens with zero attached hydrogens (tertiary/aromatic N) is 5. The molecule has 1 amide bonds. The molecule has 8 heteroatoms. The number of aliphatic hydroxyl groups excluding tert-OH is 1. The van der Waals surface area contributed by atoms with Crippen molar-refractivity contribution in [2.45, 2.75) is 90.2 Å². The molecule has 0 unspecified atom stereocenters. The van der Waals surface area contributed by atoms with Gasteiger partial charge in [-0.2, -0.15) is 5.10 Å². The molecule has 3 aromatic heterocycles. The van der Waals surface area contributed by atoms with Crippen molar-refractivity contribution in [3.8, 4) is 16.9 Å². The molecular weight excluding hydrogens is 502 g/mol. The van der Waals surface area contributed by atoms with Gasteiger partial charge in [-0.1, -0.05) is 0 Å². The van der Waals surface area contributed by atoms with Crippen molar-refractivity contribution in [3.05, 3.63) is 54.2 Å². The van der Waals surface area contributed by atoms with E-state index in [-0.39, 0.29) is 24.0 Å². The zero-order chi connectivity index (χ0) is 28.2. The lowest BCUT2D eigenvalue weighted by Gasteiger charge is -2.35. The quantitative estimate of drug-likeness (QED) is 0.368. The van der Waals surface area contributed by atoms with E-state index in [2.05, 4.69) is 31.2 Å². The minimum absolute atomic E-state index is 0.0691. The fraction of sp³-hybridized carbons (Fsp3) is 0.562. The third kappa shape index (κ3) is 6.38. The Balaban J connectivity index is 1.33. The van der Waals surface area contributed by atoms with Gasteiger partial charge < -0.3 is 9.84 Å². The van der Waals surface area contributed by atoms with Crippen LogP contribution in [0.4, 0.5) is 5.82 Å². The Morgan fingerprint density at radius 3 is 2.48 bits per heavy atom. The predicted molar refractivity (Wildman–Crippen MR) is 156 cm³/mol. The number of carbonyl (C=O) groups is 1. The van der Waals surface area contributed by atoms with E-state index < -0.39 is 0 Å². The van der Waals surface area contributed by atoms with E-state index >= 15 is 0 Å². The zero-order valence-electron chi connectivity index (χ0n) is 24.3. The van der Waals surface area contributed by atoms with Crippen LogP contribution in [0.1, 0.15) is 88.6 Å². The van der Waals surface area contributed by atoms with Crippen LogP contribution in [0.15, 0.2) is 42.9 Å². The molecule has 0 aliphatic heterocycles. The van der Waals surface area contributed by atoms with Crippen LogP contribution >= 0.6 is 0 Å². The molecule has 2 fully saturated rings. The first-order valence-corrected chi connectivity index (χ1v) is 14.8. The van der Waals surface area contributed by atoms with Gasteiger partial charge in [0.2, 0.25) is 5.91 Å². The number of rotatable bonds is 8. The summed E-state index contributed by atoms with van der Waals surface area (Å²) in [5.41, 5.74) is 4.11. The number of pyridine rings is 2. The zero-order valence-corrected chi connectivity index (χ0v) is 24.3. The highest BCUT2D eigenvalue weighted by molar-refractivity contribution is 5.94. The molecular formula is C32H43N5O3. The first kappa shape index (κ1) is 28.3. The number of methoxy groups -OCH3 is 1. The number of carbonyl (C=O) groups excluding carboxylic acids is 1. The lowest BCUT2D eigenvalue weighted by Crippen LogP contribution is -2.42. The van der Waals surface area contributed by atoms with Crippen LogP contribution in [0.2, 0.25) is 0 Å². The molecule has 2 saturated carbocycles. The van der Waals surface area contributed by atoms with E-state index in [0.717, 1.165) is 66.8 Å². The number of aryl methyl sites for hydroxylation is 1. The van der Waals surface area contributed by atoms with Crippen LogP contribution < -0.4 is 9.64 Å². The van der Waals surface area contributed by atoms with Crippen molar-refractivity contribution in [2.75, 3.05) is 18.6 Å². The molecule has 8 nitrogen and oxygen atoms in total. The van der Waals surface area contributed by atoms with Gasteiger partial charge in [0, 0.05) is 48.1 Å². The topological polar surface area (TPSA) is 93.4 Å². The average Bonchev–Trinajstić information content (AvgIpc) is 3.47. The standard InChI is InChI=1S/C32H43N5O3/c1-21(2)37-20-27(18-34-37)26-15-16-33-31(17-26)36(32(39)25-9-11-28(38)12-10-25)19-23-5-7-24(8-6-23)29-13-14-30(40-4)22(3)35-29/h13-18,20-21,23-25,28,38H,5-12,19H2,1-4H3/t23-,24-,25-,28-. The van der Waals surface area contributed by atoms with Gasteiger partial charge in [-0.25, -0.2) is 4.98 Å². The summed E-state index contributed by atoms with van der Waals surface area (Å²) in [6.45, 7) is 6.88. The van der Waals surface area contributed by atoms with E-state index in [4.69, 9.17) is 14.7 Å². The highest BCUT2D eigenvalue weighted by Crippen LogP contribution is 2.38. The Morgan fingerprint density at radius 2 is 1.82 bits per heavy atom. The second kappa shape index (κ2) is 12.5. The third-order valence-corrected chi connectivity index (χ3v) is 8.78. The van der Waals surface area contributed by atoms with Gasteiger partial charge in [0.05, 0.1) is 25.1 Å². The van der Waals surface area contributed by atoms with Crippen LogP contribution in [-0.4, -0.2) is 50.5 Å². The van der Waals surface area contributed by atoms with Crippen LogP contribution in [0.3, 0.4) is 0 Å². The summed E-state index contributed by atoms with van der Waals surface area (Å²) in [7, 11) is 1.68. The highest BCUT2D eigenvalue weighted by Gasteiger charge is 2.33. The molecule has 0 bridgehead atoms. The van der Waals surface area contributed by atoms with Crippen LogP contribution in [-0.2, 0) is 4.79 Å². The Labute approximate surface area is 237 Å². The summed E-state index contributed by atoms with van der Waals surface area (Å²) in [5.74, 6) is 2.45. The molecule has 2 aliphatic rings. The Kier molecular flexibility index (Phi) is 8.84. The van der Waals surface area contributed by atoms with Gasteiger partial charge in [0.15, 0.2) is 0 Å². The Morgan fingerprint density at radius 1 is 1.07 bits per heavy atom.